The van der Waals surface area contributed by atoms with E-state index in [9.17, 15) is 12.6 Å². The molecule has 0 aliphatic carbocycles. The lowest BCUT2D eigenvalue weighted by Crippen LogP contribution is -2.33. The van der Waals surface area contributed by atoms with Crippen molar-refractivity contribution >= 4 is 26.5 Å². The van der Waals surface area contributed by atoms with E-state index in [1.165, 1.54) is 0 Å². The minimum absolute atomic E-state index is 0.0738. The van der Waals surface area contributed by atoms with Gasteiger partial charge in [0.05, 0.1) is 5.69 Å². The molecule has 0 amide bonds. The van der Waals surface area contributed by atoms with Gasteiger partial charge in [-0.05, 0) is 44.0 Å². The number of aryl methyl sites for hydroxylation is 2. The molecule has 108 valence electrons. The lowest BCUT2D eigenvalue weighted by atomic mass is 10.1. The second kappa shape index (κ2) is 6.02. The number of benzene rings is 1. The maximum atomic E-state index is 12.2. The molecule has 0 heterocycles. The van der Waals surface area contributed by atoms with E-state index in [0.29, 0.717) is 0 Å². The number of sulfonamides is 1. The highest BCUT2D eigenvalue weighted by atomic mass is 32.2. The Hall–Kier alpha value is -0.920. The SMILES string of the molecule is Cc1cc(N)c(S(=O)(=O)NCC(C)S(C)=O)cc1C. The predicted octanol–water partition coefficient (Wildman–Crippen LogP) is 0.931. The summed E-state index contributed by atoms with van der Waals surface area (Å²) in [5, 5.41) is -0.248. The Morgan fingerprint density at radius 3 is 2.37 bits per heavy atom. The third kappa shape index (κ3) is 4.02. The van der Waals surface area contributed by atoms with Crippen LogP contribution in [0.25, 0.3) is 0 Å². The third-order valence-electron chi connectivity index (χ3n) is 3.04. The van der Waals surface area contributed by atoms with E-state index in [1.54, 1.807) is 25.3 Å². The first-order chi connectivity index (χ1) is 8.65. The van der Waals surface area contributed by atoms with Crippen molar-refractivity contribution in [1.82, 2.24) is 4.72 Å². The van der Waals surface area contributed by atoms with Crippen molar-refractivity contribution in [2.75, 3.05) is 18.5 Å². The fourth-order valence-corrected chi connectivity index (χ4v) is 3.22. The summed E-state index contributed by atoms with van der Waals surface area (Å²) < 4.78 is 38.0. The fourth-order valence-electron chi connectivity index (χ4n) is 1.47. The van der Waals surface area contributed by atoms with Gasteiger partial charge in [-0.2, -0.15) is 0 Å². The highest BCUT2D eigenvalue weighted by Crippen LogP contribution is 2.22. The number of nitrogen functional groups attached to an aromatic ring is 1. The molecule has 0 aliphatic rings. The number of nitrogens with one attached hydrogen (secondary N) is 1. The number of hydrogen-bond acceptors (Lipinski definition) is 4. The highest BCUT2D eigenvalue weighted by Gasteiger charge is 2.19. The van der Waals surface area contributed by atoms with E-state index < -0.39 is 20.8 Å². The van der Waals surface area contributed by atoms with Gasteiger partial charge < -0.3 is 5.73 Å². The van der Waals surface area contributed by atoms with Crippen molar-refractivity contribution in [1.29, 1.82) is 0 Å². The lowest BCUT2D eigenvalue weighted by Gasteiger charge is -2.13. The Morgan fingerprint density at radius 1 is 1.32 bits per heavy atom. The van der Waals surface area contributed by atoms with Crippen LogP contribution in [0, 0.1) is 13.8 Å². The lowest BCUT2D eigenvalue weighted by molar-refractivity contribution is 0.581. The van der Waals surface area contributed by atoms with Crippen LogP contribution in [-0.4, -0.2) is 30.7 Å². The third-order valence-corrected chi connectivity index (χ3v) is 5.82. The molecule has 5 nitrogen and oxygen atoms in total. The van der Waals surface area contributed by atoms with E-state index in [0.717, 1.165) is 11.1 Å². The van der Waals surface area contributed by atoms with Crippen LogP contribution in [0.3, 0.4) is 0 Å². The van der Waals surface area contributed by atoms with Crippen molar-refractivity contribution in [3.05, 3.63) is 23.3 Å². The summed E-state index contributed by atoms with van der Waals surface area (Å²) in [5.41, 5.74) is 7.79. The monoisotopic (exact) mass is 304 g/mol. The minimum Gasteiger partial charge on any atom is -0.398 e. The van der Waals surface area contributed by atoms with Crippen molar-refractivity contribution < 1.29 is 12.6 Å². The zero-order valence-electron chi connectivity index (χ0n) is 11.6. The zero-order valence-corrected chi connectivity index (χ0v) is 13.2. The molecule has 1 aromatic rings. The van der Waals surface area contributed by atoms with Gasteiger partial charge in [0.15, 0.2) is 0 Å². The molecule has 1 rings (SSSR count). The molecular weight excluding hydrogens is 284 g/mol. The summed E-state index contributed by atoms with van der Waals surface area (Å²) in [6, 6.07) is 3.20. The van der Waals surface area contributed by atoms with Crippen LogP contribution >= 0.6 is 0 Å². The average molecular weight is 304 g/mol. The first kappa shape index (κ1) is 16.1. The van der Waals surface area contributed by atoms with Crippen LogP contribution in [0.15, 0.2) is 17.0 Å². The first-order valence-electron chi connectivity index (χ1n) is 5.83. The van der Waals surface area contributed by atoms with Crippen LogP contribution < -0.4 is 10.5 Å². The normalized spacial score (nSPS) is 15.2. The van der Waals surface area contributed by atoms with Crippen molar-refractivity contribution in [2.24, 2.45) is 0 Å². The summed E-state index contributed by atoms with van der Waals surface area (Å²) >= 11 is 0. The van der Waals surface area contributed by atoms with E-state index >= 15 is 0 Å². The summed E-state index contributed by atoms with van der Waals surface area (Å²) in [6.07, 6.45) is 1.54. The maximum Gasteiger partial charge on any atom is 0.242 e. The second-order valence-corrected chi connectivity index (χ2v) is 8.17. The largest absolute Gasteiger partial charge is 0.398 e. The van der Waals surface area contributed by atoms with E-state index in [4.69, 9.17) is 5.73 Å². The number of anilines is 1. The summed E-state index contributed by atoms with van der Waals surface area (Å²) in [5.74, 6) is 0. The summed E-state index contributed by atoms with van der Waals surface area (Å²) in [7, 11) is -4.74. The molecule has 3 N–H and O–H groups in total. The van der Waals surface area contributed by atoms with Crippen molar-refractivity contribution in [2.45, 2.75) is 30.9 Å². The molecule has 0 radical (unpaired) electrons. The van der Waals surface area contributed by atoms with Crippen LogP contribution in [0.5, 0.6) is 0 Å². The number of hydrogen-bond donors (Lipinski definition) is 2. The molecule has 2 unspecified atom stereocenters. The molecular formula is C12H20N2O3S2. The van der Waals surface area contributed by atoms with Gasteiger partial charge in [0, 0.05) is 28.9 Å². The zero-order chi connectivity index (χ0) is 14.8. The first-order valence-corrected chi connectivity index (χ1v) is 8.94. The maximum absolute atomic E-state index is 12.2. The number of nitrogens with two attached hydrogens (primary N) is 1. The molecule has 19 heavy (non-hydrogen) atoms. The topological polar surface area (TPSA) is 89.3 Å². The van der Waals surface area contributed by atoms with Gasteiger partial charge >= 0.3 is 0 Å². The molecule has 0 aromatic heterocycles. The Morgan fingerprint density at radius 2 is 1.84 bits per heavy atom. The standard InChI is InChI=1S/C12H20N2O3S2/c1-8-5-11(13)12(6-9(8)2)19(16,17)14-7-10(3)18(4)15/h5-6,10,14H,7,13H2,1-4H3. The smallest absolute Gasteiger partial charge is 0.242 e. The Kier molecular flexibility index (Phi) is 5.11. The van der Waals surface area contributed by atoms with Gasteiger partial charge in [-0.15, -0.1) is 0 Å². The molecule has 0 bridgehead atoms. The Labute approximate surface area is 117 Å². The average Bonchev–Trinajstić information content (AvgIpc) is 2.30. The molecule has 0 fully saturated rings. The molecule has 7 heteroatoms. The second-order valence-electron chi connectivity index (χ2n) is 4.64. The van der Waals surface area contributed by atoms with E-state index in [2.05, 4.69) is 4.72 Å². The molecule has 0 aliphatic heterocycles. The van der Waals surface area contributed by atoms with E-state index in [1.807, 2.05) is 13.8 Å². The molecule has 0 saturated carbocycles. The molecule has 1 aromatic carbocycles. The van der Waals surface area contributed by atoms with Gasteiger partial charge in [0.2, 0.25) is 10.0 Å². The van der Waals surface area contributed by atoms with Crippen molar-refractivity contribution in [3.8, 4) is 0 Å². The molecule has 2 atom stereocenters. The van der Waals surface area contributed by atoms with Gasteiger partial charge in [0.1, 0.15) is 4.90 Å². The quantitative estimate of drug-likeness (QED) is 0.792. The number of rotatable bonds is 5. The van der Waals surface area contributed by atoms with Gasteiger partial charge in [-0.3, -0.25) is 4.21 Å². The molecule has 0 spiro atoms. The fraction of sp³-hybridized carbons (Fsp3) is 0.500. The van der Waals surface area contributed by atoms with Gasteiger partial charge in [0.25, 0.3) is 0 Å². The Balaban J connectivity index is 3.01. The summed E-state index contributed by atoms with van der Waals surface area (Å²) in [6.45, 7) is 5.55. The van der Waals surface area contributed by atoms with Gasteiger partial charge in [-0.1, -0.05) is 0 Å². The van der Waals surface area contributed by atoms with E-state index in [-0.39, 0.29) is 22.4 Å². The van der Waals surface area contributed by atoms with Crippen LogP contribution in [-0.2, 0) is 20.8 Å². The van der Waals surface area contributed by atoms with Crippen LogP contribution in [0.1, 0.15) is 18.1 Å². The minimum atomic E-state index is -3.67. The highest BCUT2D eigenvalue weighted by molar-refractivity contribution is 7.89. The van der Waals surface area contributed by atoms with Crippen molar-refractivity contribution in [3.63, 3.8) is 0 Å². The molecule has 0 saturated heterocycles. The predicted molar refractivity (Wildman–Crippen MR) is 79.0 cm³/mol. The Bertz CT molecular complexity index is 597. The van der Waals surface area contributed by atoms with Crippen LogP contribution in [0.4, 0.5) is 5.69 Å². The van der Waals surface area contributed by atoms with Crippen LogP contribution in [0.2, 0.25) is 0 Å². The summed E-state index contributed by atoms with van der Waals surface area (Å²) in [4.78, 5) is 0.0738. The van der Waals surface area contributed by atoms with Gasteiger partial charge in [-0.25, -0.2) is 13.1 Å².